The van der Waals surface area contributed by atoms with Crippen LogP contribution in [0.4, 0.5) is 5.69 Å². The molecule has 2 amide bonds. The molecule has 1 atom stereocenters. The van der Waals surface area contributed by atoms with E-state index in [0.29, 0.717) is 40.2 Å². The van der Waals surface area contributed by atoms with Crippen LogP contribution in [0, 0.1) is 5.92 Å². The van der Waals surface area contributed by atoms with E-state index in [0.717, 1.165) is 16.1 Å². The zero-order chi connectivity index (χ0) is 30.9. The predicted octanol–water partition coefficient (Wildman–Crippen LogP) is 5.57. The summed E-state index contributed by atoms with van der Waals surface area (Å²) in [5, 5.41) is 3.61. The van der Waals surface area contributed by atoms with E-state index in [1.54, 1.807) is 42.5 Å². The van der Waals surface area contributed by atoms with Gasteiger partial charge in [-0.15, -0.1) is 0 Å². The van der Waals surface area contributed by atoms with Gasteiger partial charge in [-0.2, -0.15) is 0 Å². The lowest BCUT2D eigenvalue weighted by Gasteiger charge is -2.33. The molecule has 3 aromatic carbocycles. The van der Waals surface area contributed by atoms with Gasteiger partial charge in [0, 0.05) is 19.5 Å². The van der Waals surface area contributed by atoms with E-state index in [2.05, 4.69) is 5.32 Å². The minimum absolute atomic E-state index is 0.00318. The van der Waals surface area contributed by atoms with Gasteiger partial charge in [0.1, 0.15) is 18.3 Å². The van der Waals surface area contributed by atoms with Crippen molar-refractivity contribution in [2.45, 2.75) is 39.8 Å². The Kier molecular flexibility index (Phi) is 12.1. The van der Waals surface area contributed by atoms with Crippen molar-refractivity contribution in [1.29, 1.82) is 0 Å². The maximum Gasteiger partial charge on any atom is 0.244 e. The highest BCUT2D eigenvalue weighted by Crippen LogP contribution is 2.26. The molecule has 0 aliphatic rings. The molecule has 0 unspecified atom stereocenters. The molecule has 8 nitrogen and oxygen atoms in total. The number of ether oxygens (including phenoxy) is 1. The number of hydrogen-bond donors (Lipinski definition) is 1. The number of anilines is 1. The Morgan fingerprint density at radius 3 is 2.17 bits per heavy atom. The molecule has 0 aromatic heterocycles. The molecule has 0 fully saturated rings. The van der Waals surface area contributed by atoms with E-state index in [9.17, 15) is 18.0 Å². The van der Waals surface area contributed by atoms with Gasteiger partial charge in [0.25, 0.3) is 0 Å². The number of rotatable bonds is 14. The van der Waals surface area contributed by atoms with Gasteiger partial charge in [-0.05, 0) is 60.4 Å². The summed E-state index contributed by atoms with van der Waals surface area (Å²) in [6.45, 7) is 6.17. The van der Waals surface area contributed by atoms with Gasteiger partial charge in [-0.25, -0.2) is 8.42 Å². The number of sulfonamides is 1. The molecule has 42 heavy (non-hydrogen) atoms. The van der Waals surface area contributed by atoms with E-state index in [1.807, 2.05) is 51.1 Å². The Morgan fingerprint density at radius 1 is 0.929 bits per heavy atom. The molecule has 0 bridgehead atoms. The van der Waals surface area contributed by atoms with Crippen LogP contribution in [0.25, 0.3) is 0 Å². The summed E-state index contributed by atoms with van der Waals surface area (Å²) in [4.78, 5) is 29.2. The molecule has 0 heterocycles. The van der Waals surface area contributed by atoms with Gasteiger partial charge in [0.05, 0.1) is 28.6 Å². The van der Waals surface area contributed by atoms with E-state index in [1.165, 1.54) is 4.90 Å². The largest absolute Gasteiger partial charge is 0.494 e. The third kappa shape index (κ3) is 9.64. The number of halogens is 2. The molecular formula is C31H37Cl2N3O5S. The lowest BCUT2D eigenvalue weighted by Crippen LogP contribution is -2.53. The maximum absolute atomic E-state index is 14.1. The first-order valence-electron chi connectivity index (χ1n) is 13.6. The van der Waals surface area contributed by atoms with E-state index < -0.39 is 28.5 Å². The van der Waals surface area contributed by atoms with Crippen molar-refractivity contribution < 1.29 is 22.7 Å². The summed E-state index contributed by atoms with van der Waals surface area (Å²) in [6.07, 6.45) is 1.26. The minimum atomic E-state index is -3.88. The summed E-state index contributed by atoms with van der Waals surface area (Å²) < 4.78 is 32.4. The molecule has 0 saturated carbocycles. The maximum atomic E-state index is 14.1. The van der Waals surface area contributed by atoms with Crippen LogP contribution in [0.3, 0.4) is 0 Å². The van der Waals surface area contributed by atoms with Crippen molar-refractivity contribution in [2.24, 2.45) is 5.92 Å². The first-order chi connectivity index (χ1) is 19.9. The Labute approximate surface area is 258 Å². The topological polar surface area (TPSA) is 96.0 Å². The number of nitrogens with zero attached hydrogens (tertiary/aromatic N) is 2. The number of nitrogens with one attached hydrogen (secondary N) is 1. The van der Waals surface area contributed by atoms with Crippen molar-refractivity contribution in [2.75, 3.05) is 30.3 Å². The number of hydrogen-bond acceptors (Lipinski definition) is 5. The molecule has 226 valence electrons. The van der Waals surface area contributed by atoms with Gasteiger partial charge in [-0.3, -0.25) is 13.9 Å². The number of amides is 2. The average molecular weight is 635 g/mol. The van der Waals surface area contributed by atoms with E-state index in [-0.39, 0.29) is 24.8 Å². The van der Waals surface area contributed by atoms with Crippen molar-refractivity contribution >= 4 is 50.7 Å². The van der Waals surface area contributed by atoms with Crippen molar-refractivity contribution in [3.05, 3.63) is 94.0 Å². The molecule has 0 aliphatic carbocycles. The summed E-state index contributed by atoms with van der Waals surface area (Å²) in [7, 11) is -3.88. The highest BCUT2D eigenvalue weighted by molar-refractivity contribution is 7.92. The Balaban J connectivity index is 2.04. The van der Waals surface area contributed by atoms with Gasteiger partial charge >= 0.3 is 0 Å². The van der Waals surface area contributed by atoms with Gasteiger partial charge in [0.15, 0.2) is 0 Å². The smallest absolute Gasteiger partial charge is 0.244 e. The Bertz CT molecular complexity index is 1450. The van der Waals surface area contributed by atoms with E-state index in [4.69, 9.17) is 27.9 Å². The van der Waals surface area contributed by atoms with Crippen molar-refractivity contribution in [1.82, 2.24) is 10.2 Å². The van der Waals surface area contributed by atoms with Crippen LogP contribution >= 0.6 is 23.2 Å². The summed E-state index contributed by atoms with van der Waals surface area (Å²) in [5.74, 6) is -0.132. The fourth-order valence-electron chi connectivity index (χ4n) is 4.30. The fourth-order valence-corrected chi connectivity index (χ4v) is 5.47. The van der Waals surface area contributed by atoms with Crippen LogP contribution in [0.1, 0.15) is 31.9 Å². The lowest BCUT2D eigenvalue weighted by molar-refractivity contribution is -0.140. The SMILES string of the molecule is CCOc1ccc(N(CC(=O)N(Cc2ccc(Cl)c(Cl)c2)[C@@H](Cc2ccccc2)C(=O)NCC(C)C)S(C)(=O)=O)cc1. The second-order valence-electron chi connectivity index (χ2n) is 10.3. The molecule has 0 saturated heterocycles. The third-order valence-electron chi connectivity index (χ3n) is 6.41. The normalized spacial score (nSPS) is 12.1. The van der Waals surface area contributed by atoms with Gasteiger partial charge in [-0.1, -0.05) is 73.4 Å². The van der Waals surface area contributed by atoms with Gasteiger partial charge in [0.2, 0.25) is 21.8 Å². The first kappa shape index (κ1) is 33.2. The van der Waals surface area contributed by atoms with Gasteiger partial charge < -0.3 is 15.0 Å². The number of benzene rings is 3. The number of carbonyl (C=O) groups is 2. The molecule has 1 N–H and O–H groups in total. The van der Waals surface area contributed by atoms with Crippen molar-refractivity contribution in [3.8, 4) is 5.75 Å². The zero-order valence-electron chi connectivity index (χ0n) is 24.2. The fraction of sp³-hybridized carbons (Fsp3) is 0.355. The molecular weight excluding hydrogens is 597 g/mol. The highest BCUT2D eigenvalue weighted by Gasteiger charge is 2.33. The summed E-state index contributed by atoms with van der Waals surface area (Å²) >= 11 is 12.4. The van der Waals surface area contributed by atoms with Crippen LogP contribution < -0.4 is 14.4 Å². The molecule has 0 aliphatic heterocycles. The minimum Gasteiger partial charge on any atom is -0.494 e. The molecule has 11 heteroatoms. The third-order valence-corrected chi connectivity index (χ3v) is 8.29. The monoisotopic (exact) mass is 633 g/mol. The standard InChI is InChI=1S/C31H37Cl2N3O5S/c1-5-41-26-14-12-25(13-15-26)36(42(4,39)40)21-30(37)35(20-24-11-16-27(32)28(33)17-24)29(31(38)34-19-22(2)3)18-23-9-7-6-8-10-23/h6-17,22,29H,5,18-21H2,1-4H3,(H,34,38)/t29-/m0/s1. The van der Waals surface area contributed by atoms with Crippen LogP contribution in [0.5, 0.6) is 5.75 Å². The first-order valence-corrected chi connectivity index (χ1v) is 16.2. The second-order valence-corrected chi connectivity index (χ2v) is 13.0. The summed E-state index contributed by atoms with van der Waals surface area (Å²) in [6, 6.07) is 19.9. The molecule has 0 spiro atoms. The van der Waals surface area contributed by atoms with Crippen LogP contribution in [-0.2, 0) is 32.6 Å². The summed E-state index contributed by atoms with van der Waals surface area (Å²) in [5.41, 5.74) is 1.78. The predicted molar refractivity (Wildman–Crippen MR) is 169 cm³/mol. The highest BCUT2D eigenvalue weighted by atomic mass is 35.5. The molecule has 3 rings (SSSR count). The quantitative estimate of drug-likeness (QED) is 0.250. The van der Waals surface area contributed by atoms with Crippen LogP contribution in [-0.4, -0.2) is 57.1 Å². The van der Waals surface area contributed by atoms with Crippen LogP contribution in [0.15, 0.2) is 72.8 Å². The zero-order valence-corrected chi connectivity index (χ0v) is 26.5. The number of carbonyl (C=O) groups excluding carboxylic acids is 2. The Morgan fingerprint density at radius 2 is 1.60 bits per heavy atom. The van der Waals surface area contributed by atoms with Crippen molar-refractivity contribution in [3.63, 3.8) is 0 Å². The molecule has 0 radical (unpaired) electrons. The average Bonchev–Trinajstić information content (AvgIpc) is 2.94. The molecule has 3 aromatic rings. The Hall–Kier alpha value is -3.27. The van der Waals surface area contributed by atoms with Crippen LogP contribution in [0.2, 0.25) is 10.0 Å². The lowest BCUT2D eigenvalue weighted by atomic mass is 10.0. The second kappa shape index (κ2) is 15.3. The van der Waals surface area contributed by atoms with E-state index >= 15 is 0 Å².